The number of sulfonamides is 1. The molecule has 19 heavy (non-hydrogen) atoms. The standard InChI is InChI=1S/C9H9N5O4S/c1-6-3-2-4-7(14(15)16)8(6)13-19(17,18)9-10-5-11-12-9/h2-5,13H,1H3,(H,10,11,12). The van der Waals surface area contributed by atoms with Crippen molar-refractivity contribution in [2.75, 3.05) is 4.72 Å². The monoisotopic (exact) mass is 283 g/mol. The minimum atomic E-state index is -4.03. The molecule has 0 aliphatic carbocycles. The van der Waals surface area contributed by atoms with Gasteiger partial charge in [0.1, 0.15) is 12.0 Å². The molecule has 1 aromatic heterocycles. The van der Waals surface area contributed by atoms with Crippen LogP contribution in [-0.2, 0) is 10.0 Å². The maximum atomic E-state index is 11.9. The Bertz CT molecular complexity index is 710. The van der Waals surface area contributed by atoms with Gasteiger partial charge in [-0.15, -0.1) is 0 Å². The number of nitrogens with one attached hydrogen (secondary N) is 2. The van der Waals surface area contributed by atoms with Gasteiger partial charge in [0.15, 0.2) is 0 Å². The third kappa shape index (κ3) is 2.52. The molecule has 0 radical (unpaired) electrons. The molecule has 0 saturated carbocycles. The second kappa shape index (κ2) is 4.65. The highest BCUT2D eigenvalue weighted by Gasteiger charge is 2.24. The molecule has 0 saturated heterocycles. The number of nitro benzene ring substituents is 1. The Balaban J connectivity index is 2.48. The van der Waals surface area contributed by atoms with Crippen LogP contribution in [0.3, 0.4) is 0 Å². The van der Waals surface area contributed by atoms with E-state index in [0.717, 1.165) is 6.33 Å². The third-order valence-corrected chi connectivity index (χ3v) is 3.51. The van der Waals surface area contributed by atoms with Gasteiger partial charge in [-0.05, 0) is 12.5 Å². The molecule has 1 heterocycles. The van der Waals surface area contributed by atoms with Crippen molar-refractivity contribution in [1.29, 1.82) is 0 Å². The molecule has 0 unspecified atom stereocenters. The second-order valence-corrected chi connectivity index (χ2v) is 5.22. The molecule has 0 aliphatic heterocycles. The normalized spacial score (nSPS) is 11.2. The molecule has 0 atom stereocenters. The van der Waals surface area contributed by atoms with E-state index in [1.165, 1.54) is 12.1 Å². The van der Waals surface area contributed by atoms with Crippen LogP contribution in [0.4, 0.5) is 11.4 Å². The van der Waals surface area contributed by atoms with Crippen LogP contribution in [0.5, 0.6) is 0 Å². The van der Waals surface area contributed by atoms with Crippen LogP contribution in [0.25, 0.3) is 0 Å². The van der Waals surface area contributed by atoms with Gasteiger partial charge >= 0.3 is 0 Å². The smallest absolute Gasteiger partial charge is 0.270 e. The summed E-state index contributed by atoms with van der Waals surface area (Å²) in [5.74, 6) is 0. The number of hydrogen-bond donors (Lipinski definition) is 2. The molecule has 2 aromatic rings. The van der Waals surface area contributed by atoms with Crippen LogP contribution in [0.1, 0.15) is 5.56 Å². The highest BCUT2D eigenvalue weighted by molar-refractivity contribution is 7.92. The van der Waals surface area contributed by atoms with Crippen molar-refractivity contribution in [2.24, 2.45) is 0 Å². The first-order valence-electron chi connectivity index (χ1n) is 5.04. The van der Waals surface area contributed by atoms with E-state index >= 15 is 0 Å². The second-order valence-electron chi connectivity index (χ2n) is 3.62. The van der Waals surface area contributed by atoms with E-state index < -0.39 is 20.1 Å². The number of aromatic amines is 1. The first kappa shape index (κ1) is 13.0. The molecule has 9 nitrogen and oxygen atoms in total. The number of nitro groups is 1. The fourth-order valence-corrected chi connectivity index (χ4v) is 2.43. The number of aromatic nitrogens is 3. The molecular weight excluding hydrogens is 274 g/mol. The number of anilines is 1. The summed E-state index contributed by atoms with van der Waals surface area (Å²) in [5.41, 5.74) is 0.00396. The van der Waals surface area contributed by atoms with Gasteiger partial charge in [-0.25, -0.2) is 10.1 Å². The van der Waals surface area contributed by atoms with Crippen molar-refractivity contribution >= 4 is 21.4 Å². The lowest BCUT2D eigenvalue weighted by atomic mass is 10.2. The first-order chi connectivity index (χ1) is 8.92. The van der Waals surface area contributed by atoms with Crippen molar-refractivity contribution in [1.82, 2.24) is 15.2 Å². The van der Waals surface area contributed by atoms with Crippen molar-refractivity contribution in [3.63, 3.8) is 0 Å². The van der Waals surface area contributed by atoms with E-state index in [9.17, 15) is 18.5 Å². The maximum absolute atomic E-state index is 11.9. The van der Waals surface area contributed by atoms with Gasteiger partial charge < -0.3 is 0 Å². The Morgan fingerprint density at radius 1 is 1.42 bits per heavy atom. The SMILES string of the molecule is Cc1cccc([N+](=O)[O-])c1NS(=O)(=O)c1ncn[nH]1. The third-order valence-electron chi connectivity index (χ3n) is 2.33. The van der Waals surface area contributed by atoms with Gasteiger partial charge in [0.2, 0.25) is 0 Å². The molecular formula is C9H9N5O4S. The molecule has 0 aliphatic rings. The molecule has 0 amide bonds. The molecule has 0 bridgehead atoms. The first-order valence-corrected chi connectivity index (χ1v) is 6.52. The number of H-pyrrole nitrogens is 1. The summed E-state index contributed by atoms with van der Waals surface area (Å²) in [5, 5.41) is 16.1. The topological polar surface area (TPSA) is 131 Å². The van der Waals surface area contributed by atoms with E-state index in [1.807, 2.05) is 0 Å². The Hall–Kier alpha value is -2.49. The average Bonchev–Trinajstić information content (AvgIpc) is 2.85. The van der Waals surface area contributed by atoms with E-state index in [4.69, 9.17) is 0 Å². The lowest BCUT2D eigenvalue weighted by Gasteiger charge is -2.08. The largest absolute Gasteiger partial charge is 0.297 e. The van der Waals surface area contributed by atoms with Crippen LogP contribution in [0.2, 0.25) is 0 Å². The van der Waals surface area contributed by atoms with Crippen molar-refractivity contribution < 1.29 is 13.3 Å². The number of rotatable bonds is 4. The minimum Gasteiger partial charge on any atom is -0.270 e. The molecule has 2 N–H and O–H groups in total. The summed E-state index contributed by atoms with van der Waals surface area (Å²) < 4.78 is 26.0. The quantitative estimate of drug-likeness (QED) is 0.630. The van der Waals surface area contributed by atoms with Gasteiger partial charge in [-0.2, -0.15) is 13.5 Å². The van der Waals surface area contributed by atoms with E-state index in [0.29, 0.717) is 5.56 Å². The lowest BCUT2D eigenvalue weighted by molar-refractivity contribution is -0.383. The zero-order valence-electron chi connectivity index (χ0n) is 9.69. The Kier molecular flexibility index (Phi) is 3.17. The van der Waals surface area contributed by atoms with Gasteiger partial charge in [0.25, 0.3) is 20.9 Å². The summed E-state index contributed by atoms with van der Waals surface area (Å²) in [7, 11) is -4.03. The van der Waals surface area contributed by atoms with Crippen LogP contribution < -0.4 is 4.72 Å². The molecule has 2 rings (SSSR count). The van der Waals surface area contributed by atoms with Crippen molar-refractivity contribution in [3.8, 4) is 0 Å². The van der Waals surface area contributed by atoms with Crippen LogP contribution in [0.15, 0.2) is 29.7 Å². The summed E-state index contributed by atoms with van der Waals surface area (Å²) in [4.78, 5) is 13.7. The average molecular weight is 283 g/mol. The Morgan fingerprint density at radius 2 is 2.16 bits per heavy atom. The predicted molar refractivity (Wildman–Crippen MR) is 65.0 cm³/mol. The summed E-state index contributed by atoms with van der Waals surface area (Å²) >= 11 is 0. The zero-order chi connectivity index (χ0) is 14.0. The molecule has 1 aromatic carbocycles. The molecule has 0 fully saturated rings. The number of para-hydroxylation sites is 1. The number of aryl methyl sites for hydroxylation is 1. The zero-order valence-corrected chi connectivity index (χ0v) is 10.5. The van der Waals surface area contributed by atoms with Crippen LogP contribution in [-0.4, -0.2) is 28.5 Å². The Labute approximate surface area is 107 Å². The van der Waals surface area contributed by atoms with Crippen LogP contribution in [0, 0.1) is 17.0 Å². The molecule has 0 spiro atoms. The fraction of sp³-hybridized carbons (Fsp3) is 0.111. The molecule has 10 heteroatoms. The van der Waals surface area contributed by atoms with E-state index in [-0.39, 0.29) is 11.4 Å². The highest BCUT2D eigenvalue weighted by atomic mass is 32.2. The summed E-state index contributed by atoms with van der Waals surface area (Å²) in [6, 6.07) is 4.25. The van der Waals surface area contributed by atoms with Gasteiger partial charge in [0, 0.05) is 6.07 Å². The number of benzene rings is 1. The van der Waals surface area contributed by atoms with Crippen molar-refractivity contribution in [3.05, 3.63) is 40.2 Å². The fourth-order valence-electron chi connectivity index (χ4n) is 1.44. The van der Waals surface area contributed by atoms with Gasteiger partial charge in [0.05, 0.1) is 4.92 Å². The van der Waals surface area contributed by atoms with Gasteiger partial charge in [-0.1, -0.05) is 12.1 Å². The number of nitrogens with zero attached hydrogens (tertiary/aromatic N) is 3. The van der Waals surface area contributed by atoms with E-state index in [1.54, 1.807) is 13.0 Å². The minimum absolute atomic E-state index is 0.0936. The summed E-state index contributed by atoms with van der Waals surface area (Å²) in [6.45, 7) is 1.56. The van der Waals surface area contributed by atoms with Crippen molar-refractivity contribution in [2.45, 2.75) is 12.1 Å². The summed E-state index contributed by atoms with van der Waals surface area (Å²) in [6.07, 6.45) is 1.03. The lowest BCUT2D eigenvalue weighted by Crippen LogP contribution is -2.16. The maximum Gasteiger partial charge on any atom is 0.297 e. The highest BCUT2D eigenvalue weighted by Crippen LogP contribution is 2.29. The van der Waals surface area contributed by atoms with E-state index in [2.05, 4.69) is 19.9 Å². The predicted octanol–water partition coefficient (Wildman–Crippen LogP) is 0.822. The molecule has 100 valence electrons. The van der Waals surface area contributed by atoms with Crippen LogP contribution >= 0.6 is 0 Å². The van der Waals surface area contributed by atoms with Gasteiger partial charge in [-0.3, -0.25) is 14.8 Å². The number of hydrogen-bond acceptors (Lipinski definition) is 6. The Morgan fingerprint density at radius 3 is 2.74 bits per heavy atom.